The predicted molar refractivity (Wildman–Crippen MR) is 62.6 cm³/mol. The molecule has 6 nitrogen and oxygen atoms in total. The lowest BCUT2D eigenvalue weighted by atomic mass is 10.1. The van der Waals surface area contributed by atoms with E-state index < -0.39 is 32.1 Å². The first-order valence-electron chi connectivity index (χ1n) is 5.51. The molecule has 1 heterocycles. The highest BCUT2D eigenvalue weighted by molar-refractivity contribution is 7.60. The molecule has 0 bridgehead atoms. The Hall–Kier alpha value is -0.750. The zero-order valence-corrected chi connectivity index (χ0v) is 10.6. The zero-order valence-electron chi connectivity index (χ0n) is 9.71. The lowest BCUT2D eigenvalue weighted by Gasteiger charge is -2.41. The van der Waals surface area contributed by atoms with Crippen molar-refractivity contribution in [3.05, 3.63) is 30.3 Å². The minimum Gasteiger partial charge on any atom is -0.622 e. The number of hydrogen-bond donors (Lipinski definition) is 3. The van der Waals surface area contributed by atoms with Crippen LogP contribution in [0.15, 0.2) is 30.3 Å². The van der Waals surface area contributed by atoms with Gasteiger partial charge >= 0.3 is 7.94 Å². The molecule has 100 valence electrons. The number of rotatable bonds is 2. The minimum absolute atomic E-state index is 0.260. The lowest BCUT2D eigenvalue weighted by Crippen LogP contribution is -2.54. The number of benzene rings is 1. The van der Waals surface area contributed by atoms with Gasteiger partial charge in [-0.2, -0.15) is 4.52 Å². The molecule has 1 aromatic rings. The first-order chi connectivity index (χ1) is 8.44. The van der Waals surface area contributed by atoms with E-state index >= 15 is 0 Å². The molecule has 0 aromatic heterocycles. The van der Waals surface area contributed by atoms with Crippen LogP contribution < -0.4 is 9.42 Å². The van der Waals surface area contributed by atoms with E-state index in [-0.39, 0.29) is 5.75 Å². The third-order valence-electron chi connectivity index (χ3n) is 2.75. The Labute approximate surface area is 105 Å². The van der Waals surface area contributed by atoms with Crippen LogP contribution in [0.5, 0.6) is 5.75 Å². The van der Waals surface area contributed by atoms with Crippen molar-refractivity contribution in [2.75, 3.05) is 0 Å². The summed E-state index contributed by atoms with van der Waals surface area (Å²) >= 11 is 0. The van der Waals surface area contributed by atoms with Gasteiger partial charge in [0.1, 0.15) is 18.3 Å². The Morgan fingerprint density at radius 2 is 1.78 bits per heavy atom. The summed E-state index contributed by atoms with van der Waals surface area (Å²) in [7, 11) is -3.93. The van der Waals surface area contributed by atoms with Crippen LogP contribution in [0.25, 0.3) is 0 Å². The summed E-state index contributed by atoms with van der Waals surface area (Å²) in [4.78, 5) is 12.3. The minimum atomic E-state index is -3.93. The normalized spacial score (nSPS) is 40.5. The fourth-order valence-corrected chi connectivity index (χ4v) is 3.53. The van der Waals surface area contributed by atoms with Crippen LogP contribution in [0.1, 0.15) is 6.92 Å². The highest BCUT2D eigenvalue weighted by Crippen LogP contribution is 2.60. The van der Waals surface area contributed by atoms with E-state index in [0.29, 0.717) is 0 Å². The molecule has 0 radical (unpaired) electrons. The van der Waals surface area contributed by atoms with Crippen molar-refractivity contribution in [2.45, 2.75) is 31.1 Å². The Morgan fingerprint density at radius 3 is 2.39 bits per heavy atom. The van der Waals surface area contributed by atoms with Gasteiger partial charge in [0.25, 0.3) is 5.85 Å². The Bertz CT molecular complexity index is 402. The summed E-state index contributed by atoms with van der Waals surface area (Å²) in [5.41, 5.74) is 0. The van der Waals surface area contributed by atoms with Gasteiger partial charge in [-0.3, -0.25) is 0 Å². The van der Waals surface area contributed by atoms with Crippen LogP contribution in [-0.2, 0) is 4.52 Å². The molecule has 3 N–H and O–H groups in total. The van der Waals surface area contributed by atoms with Gasteiger partial charge in [-0.05, 0) is 19.1 Å². The largest absolute Gasteiger partial charge is 0.622 e. The van der Waals surface area contributed by atoms with Gasteiger partial charge in [0.15, 0.2) is 5.75 Å². The van der Waals surface area contributed by atoms with Gasteiger partial charge in [-0.25, -0.2) is 0 Å². The highest BCUT2D eigenvalue weighted by atomic mass is 31.2. The molecule has 5 atom stereocenters. The van der Waals surface area contributed by atoms with E-state index in [2.05, 4.69) is 0 Å². The van der Waals surface area contributed by atoms with Crippen LogP contribution in [0, 0.1) is 0 Å². The number of aliphatic hydroxyl groups excluding tert-OH is 3. The second-order valence-corrected chi connectivity index (χ2v) is 6.15. The highest BCUT2D eigenvalue weighted by Gasteiger charge is 2.56. The molecule has 0 spiro atoms. The molecular formula is C11H15O6P. The Balaban J connectivity index is 2.19. The van der Waals surface area contributed by atoms with Crippen molar-refractivity contribution in [3.8, 4) is 5.75 Å². The molecular weight excluding hydrogens is 259 g/mol. The van der Waals surface area contributed by atoms with Crippen molar-refractivity contribution < 1.29 is 29.3 Å². The lowest BCUT2D eigenvalue weighted by molar-refractivity contribution is -0.248. The molecule has 18 heavy (non-hydrogen) atoms. The standard InChI is InChI=1S/C11H15O6P/c1-7-9(12)10(13)11(14)18(15,16-7)17-8-5-3-2-4-6-8/h2-7,9-14H,1H3/t7-,9-,10-,11+,18?/m1/s1. The monoisotopic (exact) mass is 274 g/mol. The van der Waals surface area contributed by atoms with Crippen LogP contribution in [0.3, 0.4) is 0 Å². The van der Waals surface area contributed by atoms with Crippen molar-refractivity contribution in [2.24, 2.45) is 0 Å². The first-order valence-corrected chi connectivity index (χ1v) is 7.12. The fourth-order valence-electron chi connectivity index (χ4n) is 1.70. The van der Waals surface area contributed by atoms with Crippen LogP contribution >= 0.6 is 7.94 Å². The van der Waals surface area contributed by atoms with Gasteiger partial charge in [-0.1, -0.05) is 18.2 Å². The van der Waals surface area contributed by atoms with E-state index in [9.17, 15) is 20.2 Å². The third kappa shape index (κ3) is 2.49. The molecule has 0 aliphatic carbocycles. The van der Waals surface area contributed by atoms with Crippen molar-refractivity contribution in [1.29, 1.82) is 0 Å². The molecule has 0 amide bonds. The fraction of sp³-hybridized carbons (Fsp3) is 0.455. The summed E-state index contributed by atoms with van der Waals surface area (Å²) < 4.78 is 10.2. The van der Waals surface area contributed by atoms with E-state index in [0.717, 1.165) is 0 Å². The van der Waals surface area contributed by atoms with Crippen molar-refractivity contribution in [3.63, 3.8) is 0 Å². The van der Waals surface area contributed by atoms with Gasteiger partial charge in [0.05, 0.1) is 0 Å². The third-order valence-corrected chi connectivity index (χ3v) is 4.79. The molecule has 1 fully saturated rings. The average molecular weight is 274 g/mol. The SMILES string of the molecule is C[C@H]1O[P+]([O-])(Oc2ccccc2)[C@H](O)[C@H](O)[C@@H]1O. The van der Waals surface area contributed by atoms with Crippen LogP contribution in [0.2, 0.25) is 0 Å². The molecule has 7 heteroatoms. The summed E-state index contributed by atoms with van der Waals surface area (Å²) in [5.74, 6) is -1.51. The maximum atomic E-state index is 12.3. The molecule has 1 aromatic carbocycles. The van der Waals surface area contributed by atoms with Gasteiger partial charge < -0.3 is 24.7 Å². The van der Waals surface area contributed by atoms with E-state index in [1.165, 1.54) is 6.92 Å². The number of para-hydroxylation sites is 1. The molecule has 1 aliphatic rings. The summed E-state index contributed by atoms with van der Waals surface area (Å²) in [6.07, 6.45) is -3.76. The van der Waals surface area contributed by atoms with E-state index in [4.69, 9.17) is 9.05 Å². The van der Waals surface area contributed by atoms with Crippen LogP contribution in [0.4, 0.5) is 0 Å². The van der Waals surface area contributed by atoms with E-state index in [1.54, 1.807) is 30.3 Å². The van der Waals surface area contributed by atoms with Gasteiger partial charge in [0, 0.05) is 0 Å². The average Bonchev–Trinajstić information content (AvgIpc) is 2.35. The summed E-state index contributed by atoms with van der Waals surface area (Å²) in [5, 5.41) is 28.8. The van der Waals surface area contributed by atoms with E-state index in [1.807, 2.05) is 0 Å². The van der Waals surface area contributed by atoms with Gasteiger partial charge in [-0.15, -0.1) is 0 Å². The maximum absolute atomic E-state index is 12.3. The summed E-state index contributed by atoms with van der Waals surface area (Å²) in [6.45, 7) is 1.45. The zero-order chi connectivity index (χ0) is 13.3. The molecule has 2 rings (SSSR count). The first kappa shape index (κ1) is 13.7. The maximum Gasteiger partial charge on any atom is 0.317 e. The second-order valence-electron chi connectivity index (χ2n) is 4.15. The topological polar surface area (TPSA) is 102 Å². The van der Waals surface area contributed by atoms with Crippen LogP contribution in [-0.4, -0.2) is 39.5 Å². The number of aliphatic hydroxyl groups is 3. The smallest absolute Gasteiger partial charge is 0.317 e. The molecule has 1 unspecified atom stereocenters. The number of hydrogen-bond acceptors (Lipinski definition) is 6. The molecule has 0 saturated carbocycles. The Kier molecular flexibility index (Phi) is 3.87. The Morgan fingerprint density at radius 1 is 1.17 bits per heavy atom. The predicted octanol–water partition coefficient (Wildman–Crippen LogP) is -0.353. The summed E-state index contributed by atoms with van der Waals surface area (Å²) in [6, 6.07) is 8.21. The van der Waals surface area contributed by atoms with Crippen molar-refractivity contribution >= 4 is 7.94 Å². The quantitative estimate of drug-likeness (QED) is 0.637. The molecule has 1 aliphatic heterocycles. The van der Waals surface area contributed by atoms with Crippen molar-refractivity contribution in [1.82, 2.24) is 0 Å². The second kappa shape index (κ2) is 5.09. The molecule has 1 saturated heterocycles. The van der Waals surface area contributed by atoms with Gasteiger partial charge in [0.2, 0.25) is 0 Å².